The molecule has 2 aromatic carbocycles. The number of fused-ring (bicyclic) bond motifs is 1. The van der Waals surface area contributed by atoms with Crippen LogP contribution < -0.4 is 9.64 Å². The second-order valence-electron chi connectivity index (χ2n) is 6.36. The quantitative estimate of drug-likeness (QED) is 0.420. The van der Waals surface area contributed by atoms with Gasteiger partial charge in [-0.2, -0.15) is 0 Å². The van der Waals surface area contributed by atoms with E-state index in [0.717, 1.165) is 30.6 Å². The van der Waals surface area contributed by atoms with Crippen LogP contribution in [0.25, 0.3) is 0 Å². The van der Waals surface area contributed by atoms with Crippen molar-refractivity contribution < 1.29 is 14.5 Å². The first-order chi connectivity index (χ1) is 12.6. The average Bonchev–Trinajstić information content (AvgIpc) is 3.08. The summed E-state index contributed by atoms with van der Waals surface area (Å²) in [4.78, 5) is 25.0. The molecule has 136 valence electrons. The van der Waals surface area contributed by atoms with Gasteiger partial charge in [0.15, 0.2) is 0 Å². The van der Waals surface area contributed by atoms with Gasteiger partial charge in [-0.05, 0) is 42.7 Å². The lowest BCUT2D eigenvalue weighted by Crippen LogP contribution is -2.28. The molecule has 0 aliphatic carbocycles. The molecule has 0 bridgehead atoms. The van der Waals surface area contributed by atoms with Crippen LogP contribution in [0.5, 0.6) is 5.75 Å². The molecule has 0 spiro atoms. The molecule has 0 aromatic heterocycles. The maximum absolute atomic E-state index is 12.8. The van der Waals surface area contributed by atoms with Crippen LogP contribution in [0, 0.1) is 10.1 Å². The van der Waals surface area contributed by atoms with Crippen molar-refractivity contribution in [1.29, 1.82) is 0 Å². The number of anilines is 1. The van der Waals surface area contributed by atoms with Crippen LogP contribution in [-0.2, 0) is 6.42 Å². The highest BCUT2D eigenvalue weighted by atomic mass is 16.6. The van der Waals surface area contributed by atoms with Crippen molar-refractivity contribution in [3.8, 4) is 5.75 Å². The van der Waals surface area contributed by atoms with Crippen molar-refractivity contribution >= 4 is 17.3 Å². The van der Waals surface area contributed by atoms with Gasteiger partial charge in [-0.1, -0.05) is 25.8 Å². The van der Waals surface area contributed by atoms with Gasteiger partial charge >= 0.3 is 0 Å². The molecule has 1 heterocycles. The normalized spacial score (nSPS) is 12.7. The third kappa shape index (κ3) is 3.85. The number of benzene rings is 2. The molecule has 6 heteroatoms. The van der Waals surface area contributed by atoms with Gasteiger partial charge in [-0.15, -0.1) is 0 Å². The average molecular weight is 354 g/mol. The van der Waals surface area contributed by atoms with E-state index in [2.05, 4.69) is 6.92 Å². The molecule has 0 saturated carbocycles. The Balaban J connectivity index is 1.71. The third-order valence-corrected chi connectivity index (χ3v) is 4.54. The summed E-state index contributed by atoms with van der Waals surface area (Å²) in [6.45, 7) is 3.35. The molecular weight excluding hydrogens is 332 g/mol. The minimum atomic E-state index is -0.439. The number of hydrogen-bond acceptors (Lipinski definition) is 4. The number of hydrogen-bond donors (Lipinski definition) is 0. The Morgan fingerprint density at radius 2 is 1.96 bits per heavy atom. The Labute approximate surface area is 152 Å². The first kappa shape index (κ1) is 17.9. The molecule has 0 fully saturated rings. The van der Waals surface area contributed by atoms with Gasteiger partial charge in [0, 0.05) is 24.2 Å². The van der Waals surface area contributed by atoms with Gasteiger partial charge in [-0.3, -0.25) is 14.9 Å². The number of unbranched alkanes of at least 4 members (excludes halogenated alkanes) is 2. The number of amides is 1. The summed E-state index contributed by atoms with van der Waals surface area (Å²) in [5, 5.41) is 11.0. The van der Waals surface area contributed by atoms with Gasteiger partial charge in [0.1, 0.15) is 5.75 Å². The van der Waals surface area contributed by atoms with Gasteiger partial charge in [-0.25, -0.2) is 0 Å². The van der Waals surface area contributed by atoms with Crippen LogP contribution >= 0.6 is 0 Å². The van der Waals surface area contributed by atoms with Crippen LogP contribution in [0.4, 0.5) is 11.4 Å². The first-order valence-electron chi connectivity index (χ1n) is 8.92. The zero-order valence-electron chi connectivity index (χ0n) is 14.8. The highest BCUT2D eigenvalue weighted by molar-refractivity contribution is 6.07. The predicted octanol–water partition coefficient (Wildman–Crippen LogP) is 4.37. The maximum atomic E-state index is 12.8. The number of nitro benzene ring substituents is 1. The summed E-state index contributed by atoms with van der Waals surface area (Å²) in [6, 6.07) is 11.8. The fraction of sp³-hybridized carbons (Fsp3) is 0.350. The van der Waals surface area contributed by atoms with Gasteiger partial charge < -0.3 is 9.64 Å². The molecule has 2 aromatic rings. The molecule has 0 radical (unpaired) electrons. The summed E-state index contributed by atoms with van der Waals surface area (Å²) < 4.78 is 5.67. The van der Waals surface area contributed by atoms with Crippen LogP contribution in [-0.4, -0.2) is 24.0 Å². The molecule has 26 heavy (non-hydrogen) atoms. The molecule has 0 unspecified atom stereocenters. The van der Waals surface area contributed by atoms with E-state index in [1.54, 1.807) is 35.2 Å². The Morgan fingerprint density at radius 1 is 1.19 bits per heavy atom. The van der Waals surface area contributed by atoms with E-state index in [1.807, 2.05) is 0 Å². The lowest BCUT2D eigenvalue weighted by Gasteiger charge is -2.17. The van der Waals surface area contributed by atoms with E-state index in [9.17, 15) is 14.9 Å². The summed E-state index contributed by atoms with van der Waals surface area (Å²) in [5.41, 5.74) is 2.13. The number of nitrogens with zero attached hydrogens (tertiary/aromatic N) is 2. The Bertz CT molecular complexity index is 802. The van der Waals surface area contributed by atoms with E-state index < -0.39 is 4.92 Å². The highest BCUT2D eigenvalue weighted by Gasteiger charge is 2.27. The number of carbonyl (C=O) groups excluding carboxylic acids is 1. The second kappa shape index (κ2) is 7.99. The van der Waals surface area contributed by atoms with Gasteiger partial charge in [0.05, 0.1) is 17.2 Å². The number of ether oxygens (including phenoxy) is 1. The smallest absolute Gasteiger partial charge is 0.271 e. The molecule has 1 amide bonds. The third-order valence-electron chi connectivity index (χ3n) is 4.54. The topological polar surface area (TPSA) is 72.7 Å². The predicted molar refractivity (Wildman–Crippen MR) is 99.9 cm³/mol. The van der Waals surface area contributed by atoms with Crippen molar-refractivity contribution in [2.24, 2.45) is 0 Å². The number of rotatable bonds is 7. The summed E-state index contributed by atoms with van der Waals surface area (Å²) in [7, 11) is 0. The number of nitro groups is 1. The largest absolute Gasteiger partial charge is 0.494 e. The minimum absolute atomic E-state index is 0.000669. The maximum Gasteiger partial charge on any atom is 0.271 e. The standard InChI is InChI=1S/C20H22N2O4/c1-2-3-4-13-26-18-9-6-16(7-10-18)20(23)21-12-11-15-5-8-17(22(24)25)14-19(15)21/h5-10,14H,2-4,11-13H2,1H3. The first-order valence-corrected chi connectivity index (χ1v) is 8.92. The lowest BCUT2D eigenvalue weighted by molar-refractivity contribution is -0.384. The fourth-order valence-electron chi connectivity index (χ4n) is 3.08. The van der Waals surface area contributed by atoms with E-state index in [-0.39, 0.29) is 11.6 Å². The monoisotopic (exact) mass is 354 g/mol. The van der Waals surface area contributed by atoms with Gasteiger partial charge in [0.25, 0.3) is 11.6 Å². The zero-order valence-corrected chi connectivity index (χ0v) is 14.8. The van der Waals surface area contributed by atoms with Crippen molar-refractivity contribution in [3.05, 3.63) is 63.7 Å². The zero-order chi connectivity index (χ0) is 18.5. The minimum Gasteiger partial charge on any atom is -0.494 e. The summed E-state index contributed by atoms with van der Waals surface area (Å²) in [6.07, 6.45) is 4.00. The fourth-order valence-corrected chi connectivity index (χ4v) is 3.08. The Kier molecular flexibility index (Phi) is 5.51. The van der Waals surface area contributed by atoms with Crippen LogP contribution in [0.15, 0.2) is 42.5 Å². The van der Waals surface area contributed by atoms with Crippen LogP contribution in [0.3, 0.4) is 0 Å². The Hall–Kier alpha value is -2.89. The van der Waals surface area contributed by atoms with E-state index in [4.69, 9.17) is 4.74 Å². The van der Waals surface area contributed by atoms with Crippen LogP contribution in [0.1, 0.15) is 42.1 Å². The SMILES string of the molecule is CCCCCOc1ccc(C(=O)N2CCc3ccc([N+](=O)[O-])cc32)cc1. The van der Waals surface area contributed by atoms with Crippen molar-refractivity contribution in [1.82, 2.24) is 0 Å². The summed E-state index contributed by atoms with van der Waals surface area (Å²) >= 11 is 0. The van der Waals surface area contributed by atoms with E-state index in [0.29, 0.717) is 30.8 Å². The van der Waals surface area contributed by atoms with Crippen LogP contribution in [0.2, 0.25) is 0 Å². The molecule has 1 aliphatic heterocycles. The summed E-state index contributed by atoms with van der Waals surface area (Å²) in [5.74, 6) is 0.594. The molecule has 3 rings (SSSR count). The lowest BCUT2D eigenvalue weighted by atomic mass is 10.1. The van der Waals surface area contributed by atoms with Crippen molar-refractivity contribution in [2.45, 2.75) is 32.6 Å². The molecule has 0 N–H and O–H groups in total. The van der Waals surface area contributed by atoms with Gasteiger partial charge in [0.2, 0.25) is 0 Å². The van der Waals surface area contributed by atoms with E-state index in [1.165, 1.54) is 12.1 Å². The molecular formula is C20H22N2O4. The molecule has 6 nitrogen and oxygen atoms in total. The second-order valence-corrected chi connectivity index (χ2v) is 6.36. The molecule has 1 aliphatic rings. The molecule has 0 atom stereocenters. The Morgan fingerprint density at radius 3 is 2.65 bits per heavy atom. The highest BCUT2D eigenvalue weighted by Crippen LogP contribution is 2.32. The number of non-ortho nitro benzene ring substituents is 1. The van der Waals surface area contributed by atoms with Crippen molar-refractivity contribution in [3.63, 3.8) is 0 Å². The van der Waals surface area contributed by atoms with E-state index >= 15 is 0 Å². The molecule has 0 saturated heterocycles. The number of carbonyl (C=O) groups is 1. The van der Waals surface area contributed by atoms with Crippen molar-refractivity contribution in [2.75, 3.05) is 18.1 Å².